The van der Waals surface area contributed by atoms with Gasteiger partial charge in [0.05, 0.1) is 11.4 Å². The lowest BCUT2D eigenvalue weighted by Gasteiger charge is -2.10. The van der Waals surface area contributed by atoms with Gasteiger partial charge in [0.15, 0.2) is 5.16 Å². The molecule has 2 rings (SSSR count). The van der Waals surface area contributed by atoms with E-state index in [-0.39, 0.29) is 5.75 Å². The molecule has 0 saturated carbocycles. The van der Waals surface area contributed by atoms with Gasteiger partial charge in [0.25, 0.3) is 0 Å². The molecule has 0 aliphatic heterocycles. The minimum absolute atomic E-state index is 0.150. The van der Waals surface area contributed by atoms with E-state index in [0.29, 0.717) is 27.6 Å². The number of rotatable bonds is 6. The topological polar surface area (TPSA) is 68.0 Å². The van der Waals surface area contributed by atoms with Crippen LogP contribution in [0.3, 0.4) is 0 Å². The number of thioether (sulfide) groups is 1. The number of aliphatic carboxylic acids is 1. The van der Waals surface area contributed by atoms with Crippen molar-refractivity contribution < 1.29 is 14.3 Å². The zero-order valence-electron chi connectivity index (χ0n) is 11.2. The molecule has 21 heavy (non-hydrogen) atoms. The second-order valence-electron chi connectivity index (χ2n) is 4.26. The second-order valence-corrected chi connectivity index (χ2v) is 6.12. The first-order valence-electron chi connectivity index (χ1n) is 6.27. The summed E-state index contributed by atoms with van der Waals surface area (Å²) < 4.78 is 16.4. The lowest BCUT2D eigenvalue weighted by molar-refractivity contribution is -0.133. The Morgan fingerprint density at radius 1 is 1.48 bits per heavy atom. The fourth-order valence-electron chi connectivity index (χ4n) is 1.81. The maximum Gasteiger partial charge on any atom is 0.313 e. The van der Waals surface area contributed by atoms with E-state index in [9.17, 15) is 9.18 Å². The Morgan fingerprint density at radius 3 is 2.86 bits per heavy atom. The summed E-state index contributed by atoms with van der Waals surface area (Å²) in [5, 5.41) is 17.2. The van der Waals surface area contributed by atoms with E-state index in [0.717, 1.165) is 18.2 Å². The van der Waals surface area contributed by atoms with Crippen molar-refractivity contribution in [1.29, 1.82) is 0 Å². The standard InChI is InChI=1S/C13H13BrFN3O2S/c1-2-3-11-16-17-13(21-7-12(19)20)18(11)10-5-4-8(14)6-9(10)15/h4-6H,2-3,7H2,1H3,(H,19,20). The molecule has 8 heteroatoms. The van der Waals surface area contributed by atoms with E-state index >= 15 is 0 Å². The molecule has 1 N–H and O–H groups in total. The highest BCUT2D eigenvalue weighted by atomic mass is 79.9. The van der Waals surface area contributed by atoms with Crippen LogP contribution < -0.4 is 0 Å². The molecule has 0 fully saturated rings. The maximum absolute atomic E-state index is 14.2. The lowest BCUT2D eigenvalue weighted by atomic mass is 10.2. The molecule has 0 unspecified atom stereocenters. The van der Waals surface area contributed by atoms with Crippen molar-refractivity contribution in [3.8, 4) is 5.69 Å². The molecule has 0 amide bonds. The molecular formula is C13H13BrFN3O2S. The molecule has 5 nitrogen and oxygen atoms in total. The molecule has 1 aromatic heterocycles. The van der Waals surface area contributed by atoms with E-state index < -0.39 is 11.8 Å². The normalized spacial score (nSPS) is 10.8. The van der Waals surface area contributed by atoms with Crippen LogP contribution in [0, 0.1) is 5.82 Å². The summed E-state index contributed by atoms with van der Waals surface area (Å²) in [4.78, 5) is 10.7. The number of aryl methyl sites for hydroxylation is 1. The van der Waals surface area contributed by atoms with Crippen LogP contribution in [0.4, 0.5) is 4.39 Å². The van der Waals surface area contributed by atoms with Gasteiger partial charge in [-0.05, 0) is 24.6 Å². The van der Waals surface area contributed by atoms with Gasteiger partial charge in [-0.25, -0.2) is 4.39 Å². The highest BCUT2D eigenvalue weighted by molar-refractivity contribution is 9.10. The molecule has 0 saturated heterocycles. The molecule has 0 spiro atoms. The van der Waals surface area contributed by atoms with E-state index in [1.165, 1.54) is 6.07 Å². The van der Waals surface area contributed by atoms with Crippen LogP contribution in [-0.4, -0.2) is 31.6 Å². The number of carboxylic acids is 1. The second kappa shape index (κ2) is 7.04. The summed E-state index contributed by atoms with van der Waals surface area (Å²) in [6.45, 7) is 1.99. The van der Waals surface area contributed by atoms with Crippen molar-refractivity contribution in [3.63, 3.8) is 0 Å². The SMILES string of the molecule is CCCc1nnc(SCC(=O)O)n1-c1ccc(Br)cc1F. The summed E-state index contributed by atoms with van der Waals surface area (Å²) in [7, 11) is 0. The van der Waals surface area contributed by atoms with Crippen molar-refractivity contribution in [3.05, 3.63) is 34.3 Å². The van der Waals surface area contributed by atoms with Crippen LogP contribution in [0.2, 0.25) is 0 Å². The Labute approximate surface area is 133 Å². The largest absolute Gasteiger partial charge is 0.481 e. The molecule has 0 aliphatic carbocycles. The number of nitrogens with zero attached hydrogens (tertiary/aromatic N) is 3. The van der Waals surface area contributed by atoms with Crippen LogP contribution >= 0.6 is 27.7 Å². The number of aromatic nitrogens is 3. The van der Waals surface area contributed by atoms with Gasteiger partial charge in [-0.3, -0.25) is 9.36 Å². The average molecular weight is 374 g/mol. The number of halogens is 2. The molecule has 0 bridgehead atoms. The smallest absolute Gasteiger partial charge is 0.313 e. The summed E-state index contributed by atoms with van der Waals surface area (Å²) in [5.41, 5.74) is 0.319. The third-order valence-corrected chi connectivity index (χ3v) is 4.06. The van der Waals surface area contributed by atoms with Gasteiger partial charge in [-0.1, -0.05) is 34.6 Å². The first-order chi connectivity index (χ1) is 10.0. The fourth-order valence-corrected chi connectivity index (χ4v) is 2.83. The molecule has 2 aromatic rings. The average Bonchev–Trinajstić information content (AvgIpc) is 2.80. The maximum atomic E-state index is 14.2. The minimum Gasteiger partial charge on any atom is -0.481 e. The predicted molar refractivity (Wildman–Crippen MR) is 81.4 cm³/mol. The number of hydrogen-bond acceptors (Lipinski definition) is 4. The highest BCUT2D eigenvalue weighted by Gasteiger charge is 2.17. The molecule has 0 atom stereocenters. The van der Waals surface area contributed by atoms with Crippen LogP contribution in [0.5, 0.6) is 0 Å². The summed E-state index contributed by atoms with van der Waals surface area (Å²) in [6.07, 6.45) is 1.47. The number of benzene rings is 1. The Bertz CT molecular complexity index is 663. The number of carbonyl (C=O) groups is 1. The fraction of sp³-hybridized carbons (Fsp3) is 0.308. The molecule has 0 radical (unpaired) electrons. The Kier molecular flexibility index (Phi) is 5.35. The van der Waals surface area contributed by atoms with E-state index in [2.05, 4.69) is 26.1 Å². The molecule has 0 aliphatic rings. The van der Waals surface area contributed by atoms with Gasteiger partial charge < -0.3 is 5.11 Å². The molecular weight excluding hydrogens is 361 g/mol. The minimum atomic E-state index is -0.956. The summed E-state index contributed by atoms with van der Waals surface area (Å²) in [6, 6.07) is 4.70. The van der Waals surface area contributed by atoms with Crippen LogP contribution in [-0.2, 0) is 11.2 Å². The third kappa shape index (κ3) is 3.82. The lowest BCUT2D eigenvalue weighted by Crippen LogP contribution is -2.06. The Balaban J connectivity index is 2.47. The van der Waals surface area contributed by atoms with E-state index in [1.54, 1.807) is 16.7 Å². The van der Waals surface area contributed by atoms with Crippen molar-refractivity contribution in [1.82, 2.24) is 14.8 Å². The zero-order chi connectivity index (χ0) is 15.4. The van der Waals surface area contributed by atoms with Crippen molar-refractivity contribution >= 4 is 33.7 Å². The predicted octanol–water partition coefficient (Wildman–Crippen LogP) is 3.30. The monoisotopic (exact) mass is 373 g/mol. The van der Waals surface area contributed by atoms with Crippen molar-refractivity contribution in [2.45, 2.75) is 24.9 Å². The van der Waals surface area contributed by atoms with Gasteiger partial charge in [-0.15, -0.1) is 10.2 Å². The van der Waals surface area contributed by atoms with Gasteiger partial charge >= 0.3 is 5.97 Å². The van der Waals surface area contributed by atoms with Crippen LogP contribution in [0.15, 0.2) is 27.8 Å². The Morgan fingerprint density at radius 2 is 2.24 bits per heavy atom. The summed E-state index contributed by atoms with van der Waals surface area (Å²) in [5.74, 6) is -0.907. The van der Waals surface area contributed by atoms with Crippen molar-refractivity contribution in [2.75, 3.05) is 5.75 Å². The number of carboxylic acid groups (broad SMARTS) is 1. The van der Waals surface area contributed by atoms with Gasteiger partial charge in [0.1, 0.15) is 11.6 Å². The quantitative estimate of drug-likeness (QED) is 0.786. The van der Waals surface area contributed by atoms with E-state index in [1.807, 2.05) is 6.92 Å². The first kappa shape index (κ1) is 16.0. The third-order valence-electron chi connectivity index (χ3n) is 2.65. The van der Waals surface area contributed by atoms with E-state index in [4.69, 9.17) is 5.11 Å². The van der Waals surface area contributed by atoms with Gasteiger partial charge in [-0.2, -0.15) is 0 Å². The van der Waals surface area contributed by atoms with Crippen LogP contribution in [0.1, 0.15) is 19.2 Å². The van der Waals surface area contributed by atoms with Crippen LogP contribution in [0.25, 0.3) is 5.69 Å². The zero-order valence-corrected chi connectivity index (χ0v) is 13.6. The van der Waals surface area contributed by atoms with Crippen molar-refractivity contribution in [2.24, 2.45) is 0 Å². The number of hydrogen-bond donors (Lipinski definition) is 1. The highest BCUT2D eigenvalue weighted by Crippen LogP contribution is 2.26. The molecule has 112 valence electrons. The molecule has 1 heterocycles. The first-order valence-corrected chi connectivity index (χ1v) is 8.05. The summed E-state index contributed by atoms with van der Waals surface area (Å²) >= 11 is 4.23. The Hall–Kier alpha value is -1.41. The van der Waals surface area contributed by atoms with Gasteiger partial charge in [0.2, 0.25) is 0 Å². The molecule has 1 aromatic carbocycles. The van der Waals surface area contributed by atoms with Gasteiger partial charge in [0, 0.05) is 10.9 Å².